The van der Waals surface area contributed by atoms with Crippen LogP contribution < -0.4 is 10.6 Å². The fourth-order valence-electron chi connectivity index (χ4n) is 2.18. The number of nitrogens with one attached hydrogen (secondary N) is 2. The fourth-order valence-corrected chi connectivity index (χ4v) is 2.18. The van der Waals surface area contributed by atoms with E-state index in [4.69, 9.17) is 0 Å². The molecule has 0 spiro atoms. The molecule has 0 aliphatic heterocycles. The standard InChI is InChI=1S/C15H32N4.HI/c1-13-12-14(13)18-15(16-2)17-10-8-6-5-7-9-11-19(3)4;/h13-14H,5-12H2,1-4H3,(H2,16,17,18);1H. The van der Waals surface area contributed by atoms with Crippen molar-refractivity contribution in [3.63, 3.8) is 0 Å². The van der Waals surface area contributed by atoms with Crippen molar-refractivity contribution >= 4 is 29.9 Å². The Labute approximate surface area is 142 Å². The van der Waals surface area contributed by atoms with Gasteiger partial charge in [0.25, 0.3) is 0 Å². The van der Waals surface area contributed by atoms with Crippen LogP contribution >= 0.6 is 24.0 Å². The molecule has 4 nitrogen and oxygen atoms in total. The summed E-state index contributed by atoms with van der Waals surface area (Å²) < 4.78 is 0. The summed E-state index contributed by atoms with van der Waals surface area (Å²) in [6, 6.07) is 0.650. The molecule has 0 saturated heterocycles. The summed E-state index contributed by atoms with van der Waals surface area (Å²) in [5.41, 5.74) is 0. The van der Waals surface area contributed by atoms with E-state index in [1.54, 1.807) is 0 Å². The molecule has 1 aliphatic rings. The molecule has 0 radical (unpaired) electrons. The van der Waals surface area contributed by atoms with Crippen LogP contribution in [0.25, 0.3) is 0 Å². The Kier molecular flexibility index (Phi) is 11.6. The summed E-state index contributed by atoms with van der Waals surface area (Å²) in [6.45, 7) is 4.53. The van der Waals surface area contributed by atoms with Crippen molar-refractivity contribution in [2.45, 2.75) is 51.5 Å². The summed E-state index contributed by atoms with van der Waals surface area (Å²) in [6.07, 6.45) is 7.86. The van der Waals surface area contributed by atoms with E-state index >= 15 is 0 Å². The third-order valence-electron chi connectivity index (χ3n) is 3.73. The minimum absolute atomic E-state index is 0. The topological polar surface area (TPSA) is 39.7 Å². The van der Waals surface area contributed by atoms with Gasteiger partial charge in [0.2, 0.25) is 0 Å². The number of aliphatic imine (C=N–C) groups is 1. The minimum atomic E-state index is 0. The number of nitrogens with zero attached hydrogens (tertiary/aromatic N) is 2. The Hall–Kier alpha value is -0.0400. The van der Waals surface area contributed by atoms with Gasteiger partial charge in [0.05, 0.1) is 0 Å². The van der Waals surface area contributed by atoms with Gasteiger partial charge in [-0.1, -0.05) is 26.2 Å². The lowest BCUT2D eigenvalue weighted by atomic mass is 10.1. The lowest BCUT2D eigenvalue weighted by Crippen LogP contribution is -2.39. The Bertz CT molecular complexity index is 269. The van der Waals surface area contributed by atoms with Gasteiger partial charge < -0.3 is 15.5 Å². The molecule has 1 saturated carbocycles. The van der Waals surface area contributed by atoms with Gasteiger partial charge in [0.15, 0.2) is 5.96 Å². The van der Waals surface area contributed by atoms with Crippen molar-refractivity contribution in [2.24, 2.45) is 10.9 Å². The zero-order valence-electron chi connectivity index (χ0n) is 13.6. The molecular formula is C15H33IN4. The third-order valence-corrected chi connectivity index (χ3v) is 3.73. The SMILES string of the molecule is CN=C(NCCCCCCCN(C)C)NC1CC1C.I. The number of guanidine groups is 1. The Morgan fingerprint density at radius 3 is 2.30 bits per heavy atom. The van der Waals surface area contributed by atoms with E-state index in [1.807, 2.05) is 7.05 Å². The zero-order chi connectivity index (χ0) is 14.1. The quantitative estimate of drug-likeness (QED) is 0.273. The first kappa shape index (κ1) is 20.0. The van der Waals surface area contributed by atoms with Crippen molar-refractivity contribution in [3.8, 4) is 0 Å². The Balaban J connectivity index is 0.00000361. The highest BCUT2D eigenvalue weighted by molar-refractivity contribution is 14.0. The largest absolute Gasteiger partial charge is 0.356 e. The van der Waals surface area contributed by atoms with E-state index in [2.05, 4.69) is 41.5 Å². The maximum absolute atomic E-state index is 4.26. The summed E-state index contributed by atoms with van der Waals surface area (Å²) in [4.78, 5) is 6.52. The fraction of sp³-hybridized carbons (Fsp3) is 0.933. The second-order valence-corrected chi connectivity index (χ2v) is 6.03. The average molecular weight is 396 g/mol. The van der Waals surface area contributed by atoms with Crippen LogP contribution in [0.3, 0.4) is 0 Å². The highest BCUT2D eigenvalue weighted by Crippen LogP contribution is 2.28. The molecule has 5 heteroatoms. The molecule has 20 heavy (non-hydrogen) atoms. The van der Waals surface area contributed by atoms with Gasteiger partial charge in [-0.3, -0.25) is 4.99 Å². The van der Waals surface area contributed by atoms with Gasteiger partial charge in [-0.2, -0.15) is 0 Å². The van der Waals surface area contributed by atoms with E-state index < -0.39 is 0 Å². The minimum Gasteiger partial charge on any atom is -0.356 e. The van der Waals surface area contributed by atoms with Crippen molar-refractivity contribution in [1.29, 1.82) is 0 Å². The van der Waals surface area contributed by atoms with Crippen LogP contribution in [0.2, 0.25) is 0 Å². The predicted octanol–water partition coefficient (Wildman–Crippen LogP) is 2.69. The van der Waals surface area contributed by atoms with Gasteiger partial charge in [-0.05, 0) is 45.8 Å². The molecule has 1 rings (SSSR count). The van der Waals surface area contributed by atoms with E-state index in [0.717, 1.165) is 18.4 Å². The van der Waals surface area contributed by atoms with Crippen LogP contribution in [0.1, 0.15) is 45.4 Å². The number of rotatable bonds is 9. The van der Waals surface area contributed by atoms with Crippen molar-refractivity contribution in [1.82, 2.24) is 15.5 Å². The summed E-state index contributed by atoms with van der Waals surface area (Å²) in [5.74, 6) is 1.79. The number of hydrogen-bond donors (Lipinski definition) is 2. The summed E-state index contributed by atoms with van der Waals surface area (Å²) in [5, 5.41) is 6.85. The monoisotopic (exact) mass is 396 g/mol. The molecule has 2 N–H and O–H groups in total. The summed E-state index contributed by atoms with van der Waals surface area (Å²) in [7, 11) is 6.14. The van der Waals surface area contributed by atoms with Crippen LogP contribution in [0.5, 0.6) is 0 Å². The van der Waals surface area contributed by atoms with Gasteiger partial charge in [0, 0.05) is 19.6 Å². The van der Waals surface area contributed by atoms with E-state index in [1.165, 1.54) is 45.1 Å². The molecule has 0 heterocycles. The van der Waals surface area contributed by atoms with Gasteiger partial charge >= 0.3 is 0 Å². The highest BCUT2D eigenvalue weighted by atomic mass is 127. The molecule has 2 atom stereocenters. The Morgan fingerprint density at radius 1 is 1.15 bits per heavy atom. The summed E-state index contributed by atoms with van der Waals surface area (Å²) >= 11 is 0. The smallest absolute Gasteiger partial charge is 0.191 e. The van der Waals surface area contributed by atoms with Crippen molar-refractivity contribution < 1.29 is 0 Å². The molecule has 0 aromatic heterocycles. The van der Waals surface area contributed by atoms with Gasteiger partial charge in [0.1, 0.15) is 0 Å². The van der Waals surface area contributed by atoms with Crippen molar-refractivity contribution in [2.75, 3.05) is 34.2 Å². The molecular weight excluding hydrogens is 363 g/mol. The highest BCUT2D eigenvalue weighted by Gasteiger charge is 2.32. The number of unbranched alkanes of at least 4 members (excludes halogenated alkanes) is 4. The predicted molar refractivity (Wildman–Crippen MR) is 99.1 cm³/mol. The molecule has 120 valence electrons. The Morgan fingerprint density at radius 2 is 1.75 bits per heavy atom. The normalized spacial score (nSPS) is 21.6. The second-order valence-electron chi connectivity index (χ2n) is 6.03. The lowest BCUT2D eigenvalue weighted by molar-refractivity contribution is 0.389. The van der Waals surface area contributed by atoms with Crippen LogP contribution in [0.4, 0.5) is 0 Å². The molecule has 0 aromatic rings. The van der Waals surface area contributed by atoms with Crippen LogP contribution in [0, 0.1) is 5.92 Å². The molecule has 1 aliphatic carbocycles. The molecule has 2 unspecified atom stereocenters. The zero-order valence-corrected chi connectivity index (χ0v) is 15.9. The first-order valence-corrected chi connectivity index (χ1v) is 7.75. The van der Waals surface area contributed by atoms with Crippen LogP contribution in [-0.2, 0) is 0 Å². The van der Waals surface area contributed by atoms with Gasteiger partial charge in [-0.15, -0.1) is 24.0 Å². The van der Waals surface area contributed by atoms with E-state index in [-0.39, 0.29) is 24.0 Å². The van der Waals surface area contributed by atoms with Crippen LogP contribution in [0.15, 0.2) is 4.99 Å². The van der Waals surface area contributed by atoms with E-state index in [9.17, 15) is 0 Å². The average Bonchev–Trinajstić information content (AvgIpc) is 3.06. The lowest BCUT2D eigenvalue weighted by Gasteiger charge is -2.11. The van der Waals surface area contributed by atoms with Gasteiger partial charge in [-0.25, -0.2) is 0 Å². The molecule has 1 fully saturated rings. The first-order valence-electron chi connectivity index (χ1n) is 7.75. The van der Waals surface area contributed by atoms with E-state index in [0.29, 0.717) is 6.04 Å². The van der Waals surface area contributed by atoms with Crippen molar-refractivity contribution in [3.05, 3.63) is 0 Å². The first-order chi connectivity index (χ1) is 9.13. The third kappa shape index (κ3) is 9.80. The van der Waals surface area contributed by atoms with Crippen LogP contribution in [-0.4, -0.2) is 51.1 Å². The molecule has 0 bridgehead atoms. The number of hydrogen-bond acceptors (Lipinski definition) is 2. The number of halogens is 1. The maximum Gasteiger partial charge on any atom is 0.191 e. The molecule has 0 aromatic carbocycles. The molecule has 0 amide bonds. The second kappa shape index (κ2) is 11.6. The maximum atomic E-state index is 4.26.